The Kier molecular flexibility index (Phi) is 5.57. The number of hydrogen-bond acceptors (Lipinski definition) is 6. The molecule has 1 aromatic carbocycles. The number of hydrogen-bond donors (Lipinski definition) is 0. The van der Waals surface area contributed by atoms with Gasteiger partial charge in [-0.15, -0.1) is 0 Å². The summed E-state index contributed by atoms with van der Waals surface area (Å²) in [5.74, 6) is 0.369. The van der Waals surface area contributed by atoms with E-state index in [0.29, 0.717) is 12.0 Å². The van der Waals surface area contributed by atoms with Crippen LogP contribution >= 0.6 is 15.9 Å². The van der Waals surface area contributed by atoms with Gasteiger partial charge < -0.3 is 0 Å². The molecule has 3 rings (SSSR count). The first-order valence-electron chi connectivity index (χ1n) is 8.69. The maximum atomic E-state index is 12.7. The number of Topliss-reactive ketones (excluding diaryl/α,β-unsaturated/α-hetero) is 1. The smallest absolute Gasteiger partial charge is 0.203 e. The van der Waals surface area contributed by atoms with Crippen LogP contribution in [-0.4, -0.2) is 26.3 Å². The average molecular weight is 453 g/mol. The third kappa shape index (κ3) is 3.37. The number of carbonyl (C=O) groups is 1. The number of benzene rings is 1. The van der Waals surface area contributed by atoms with E-state index in [-0.39, 0.29) is 33.4 Å². The molecular weight excluding hydrogens is 432 g/mol. The van der Waals surface area contributed by atoms with Crippen molar-refractivity contribution in [1.29, 1.82) is 5.26 Å². The van der Waals surface area contributed by atoms with Crippen LogP contribution in [0.2, 0.25) is 0 Å². The van der Waals surface area contributed by atoms with Crippen molar-refractivity contribution >= 4 is 38.5 Å². The number of oxime groups is 1. The molecule has 0 N–H and O–H groups in total. The van der Waals surface area contributed by atoms with Crippen LogP contribution in [0.4, 0.5) is 0 Å². The lowest BCUT2D eigenvalue weighted by molar-refractivity contribution is -0.197. The third-order valence-electron chi connectivity index (χ3n) is 6.15. The van der Waals surface area contributed by atoms with E-state index in [1.807, 2.05) is 39.0 Å². The minimum absolute atomic E-state index is 0.0175. The van der Waals surface area contributed by atoms with Gasteiger partial charge in [0.15, 0.2) is 11.5 Å². The molecule has 4 unspecified atom stereocenters. The summed E-state index contributed by atoms with van der Waals surface area (Å²) in [7, 11) is 0. The maximum absolute atomic E-state index is 12.7. The van der Waals surface area contributed by atoms with Crippen molar-refractivity contribution in [1.82, 2.24) is 0 Å². The number of carbonyl (C=O) groups excluding carboxylic acids is 1. The summed E-state index contributed by atoms with van der Waals surface area (Å²) in [6, 6.07) is 9.10. The average Bonchev–Trinajstić information content (AvgIpc) is 2.95. The van der Waals surface area contributed by atoms with Gasteiger partial charge >= 0.3 is 0 Å². The fourth-order valence-corrected chi connectivity index (χ4v) is 6.90. The molecular formula is C19H21BrN2O4S. The molecule has 8 heteroatoms. The first kappa shape index (κ1) is 20.2. The molecule has 2 bridgehead atoms. The number of aryl methyl sites for hydroxylation is 1. The number of halogens is 1. The highest BCUT2D eigenvalue weighted by Crippen LogP contribution is 2.65. The first-order chi connectivity index (χ1) is 12.7. The quantitative estimate of drug-likeness (QED) is 0.284. The number of alkyl halides is 1. The van der Waals surface area contributed by atoms with Crippen molar-refractivity contribution in [2.45, 2.75) is 38.4 Å². The van der Waals surface area contributed by atoms with Crippen LogP contribution in [0.3, 0.4) is 0 Å². The van der Waals surface area contributed by atoms with Gasteiger partial charge in [0.1, 0.15) is 6.07 Å². The van der Waals surface area contributed by atoms with Crippen LogP contribution in [0, 0.1) is 35.0 Å². The summed E-state index contributed by atoms with van der Waals surface area (Å²) < 4.78 is 17.3. The van der Waals surface area contributed by atoms with Crippen LogP contribution < -0.4 is 0 Å². The highest BCUT2D eigenvalue weighted by atomic mass is 79.9. The van der Waals surface area contributed by atoms with Gasteiger partial charge in [0, 0.05) is 11.0 Å². The van der Waals surface area contributed by atoms with Gasteiger partial charge in [0.05, 0.1) is 10.6 Å². The van der Waals surface area contributed by atoms with Crippen LogP contribution in [0.5, 0.6) is 0 Å². The summed E-state index contributed by atoms with van der Waals surface area (Å²) in [5.41, 5.74) is 0.684. The Hall–Kier alpha value is -1.56. The minimum atomic E-state index is -1.86. The van der Waals surface area contributed by atoms with Crippen molar-refractivity contribution in [3.05, 3.63) is 35.4 Å². The van der Waals surface area contributed by atoms with E-state index in [0.717, 1.165) is 12.0 Å². The lowest BCUT2D eigenvalue weighted by atomic mass is 9.70. The fourth-order valence-electron chi connectivity index (χ4n) is 4.33. The Labute approximate surface area is 169 Å². The summed E-state index contributed by atoms with van der Waals surface area (Å²) >= 11 is 1.63. The predicted octanol–water partition coefficient (Wildman–Crippen LogP) is 3.60. The zero-order valence-corrected chi connectivity index (χ0v) is 17.8. The SMILES string of the molecule is Cc1ccc(/C(C#N)=N\OOS(=O)CC23CCC(C(Br)C2=O)C3(C)C)cc1. The van der Waals surface area contributed by atoms with Crippen LogP contribution in [-0.2, 0) is 25.2 Å². The standard InChI is InChI=1S/C19H21BrN2O4S/c1-12-4-6-13(7-5-12)15(10-21)22-25-26-27(24)11-19-9-8-14(18(19,2)3)16(20)17(19)23/h4-7,14,16H,8-9,11H2,1-3H3/b22-15-. The lowest BCUT2D eigenvalue weighted by Gasteiger charge is -2.35. The number of fused-ring (bicyclic) bond motifs is 2. The predicted molar refractivity (Wildman–Crippen MR) is 105 cm³/mol. The monoisotopic (exact) mass is 452 g/mol. The van der Waals surface area contributed by atoms with E-state index in [9.17, 15) is 14.3 Å². The number of rotatable bonds is 6. The second kappa shape index (κ2) is 7.46. The van der Waals surface area contributed by atoms with E-state index >= 15 is 0 Å². The van der Waals surface area contributed by atoms with Gasteiger partial charge in [-0.05, 0) is 36.3 Å². The number of ketones is 1. The van der Waals surface area contributed by atoms with Crippen molar-refractivity contribution in [3.8, 4) is 6.07 Å². The van der Waals surface area contributed by atoms with Crippen molar-refractivity contribution in [3.63, 3.8) is 0 Å². The topological polar surface area (TPSA) is 88.8 Å². The first-order valence-corrected chi connectivity index (χ1v) is 10.8. The normalized spacial score (nSPS) is 30.2. The molecule has 0 spiro atoms. The molecule has 2 fully saturated rings. The molecule has 2 aliphatic carbocycles. The van der Waals surface area contributed by atoms with Crippen molar-refractivity contribution < 1.29 is 18.3 Å². The molecule has 0 amide bonds. The molecule has 0 heterocycles. The third-order valence-corrected chi connectivity index (χ3v) is 8.14. The second-order valence-corrected chi connectivity index (χ2v) is 9.74. The molecule has 0 saturated heterocycles. The van der Waals surface area contributed by atoms with Gasteiger partial charge in [-0.3, -0.25) is 4.79 Å². The van der Waals surface area contributed by atoms with E-state index in [2.05, 4.69) is 21.1 Å². The Morgan fingerprint density at radius 2 is 2.07 bits per heavy atom. The maximum Gasteiger partial charge on any atom is 0.203 e. The zero-order valence-electron chi connectivity index (χ0n) is 15.4. The molecule has 4 atom stereocenters. The zero-order chi connectivity index (χ0) is 19.8. The molecule has 27 heavy (non-hydrogen) atoms. The molecule has 0 radical (unpaired) electrons. The summed E-state index contributed by atoms with van der Waals surface area (Å²) in [4.78, 5) is 17.2. The molecule has 0 aromatic heterocycles. The van der Waals surface area contributed by atoms with E-state index in [4.69, 9.17) is 9.32 Å². The van der Waals surface area contributed by atoms with Crippen molar-refractivity contribution in [2.24, 2.45) is 21.9 Å². The Morgan fingerprint density at radius 3 is 2.63 bits per heavy atom. The number of nitrogens with zero attached hydrogens (tertiary/aromatic N) is 2. The van der Waals surface area contributed by atoms with Crippen LogP contribution in [0.15, 0.2) is 29.4 Å². The second-order valence-electron chi connectivity index (χ2n) is 7.72. The van der Waals surface area contributed by atoms with Crippen LogP contribution in [0.1, 0.15) is 37.8 Å². The molecule has 2 aliphatic rings. The fraction of sp³-hybridized carbons (Fsp3) is 0.526. The minimum Gasteiger partial charge on any atom is -0.298 e. The lowest BCUT2D eigenvalue weighted by Crippen LogP contribution is -2.42. The summed E-state index contributed by atoms with van der Waals surface area (Å²) in [6.07, 6.45) is 1.60. The Balaban J connectivity index is 1.65. The van der Waals surface area contributed by atoms with Gasteiger partial charge in [0.2, 0.25) is 11.1 Å². The Morgan fingerprint density at radius 1 is 1.41 bits per heavy atom. The highest BCUT2D eigenvalue weighted by molar-refractivity contribution is 9.10. The van der Waals surface area contributed by atoms with E-state index in [1.54, 1.807) is 12.1 Å². The summed E-state index contributed by atoms with van der Waals surface area (Å²) in [6.45, 7) is 6.03. The van der Waals surface area contributed by atoms with Crippen LogP contribution in [0.25, 0.3) is 0 Å². The highest BCUT2D eigenvalue weighted by Gasteiger charge is 2.68. The molecule has 144 valence electrons. The van der Waals surface area contributed by atoms with E-state index in [1.165, 1.54) is 0 Å². The van der Waals surface area contributed by atoms with Gasteiger partial charge in [0.25, 0.3) is 0 Å². The van der Waals surface area contributed by atoms with E-state index < -0.39 is 16.5 Å². The van der Waals surface area contributed by atoms with Gasteiger partial charge in [-0.2, -0.15) is 5.26 Å². The largest absolute Gasteiger partial charge is 0.298 e. The molecule has 6 nitrogen and oxygen atoms in total. The molecule has 0 aliphatic heterocycles. The van der Waals surface area contributed by atoms with Gasteiger partial charge in [-0.25, -0.2) is 9.20 Å². The summed E-state index contributed by atoms with van der Waals surface area (Å²) in [5, 5.41) is 12.9. The van der Waals surface area contributed by atoms with Crippen molar-refractivity contribution in [2.75, 3.05) is 5.75 Å². The molecule has 2 saturated carbocycles. The number of nitriles is 1. The van der Waals surface area contributed by atoms with Gasteiger partial charge in [-0.1, -0.05) is 63.9 Å². The Bertz CT molecular complexity index is 846. The molecule has 1 aromatic rings.